The van der Waals surface area contributed by atoms with Crippen LogP contribution < -0.4 is 14.8 Å². The van der Waals surface area contributed by atoms with Gasteiger partial charge in [0.2, 0.25) is 0 Å². The highest BCUT2D eigenvalue weighted by molar-refractivity contribution is 6.83. The van der Waals surface area contributed by atoms with E-state index < -0.39 is 8.07 Å². The predicted molar refractivity (Wildman–Crippen MR) is 163 cm³/mol. The second-order valence-electron chi connectivity index (χ2n) is 11.1. The topological polar surface area (TPSA) is 78.0 Å². The Bertz CT molecular complexity index is 1330. The van der Waals surface area contributed by atoms with Crippen LogP contribution in [-0.4, -0.2) is 76.7 Å². The molecule has 1 N–H and O–H groups in total. The Hall–Kier alpha value is -3.16. The summed E-state index contributed by atoms with van der Waals surface area (Å²) in [5.41, 5.74) is 7.46. The molecule has 0 saturated carbocycles. The number of hydrogen-bond acceptors (Lipinski definition) is 8. The van der Waals surface area contributed by atoms with Crippen LogP contribution in [0.5, 0.6) is 11.5 Å². The van der Waals surface area contributed by atoms with Crippen molar-refractivity contribution in [3.05, 3.63) is 47.8 Å². The summed E-state index contributed by atoms with van der Waals surface area (Å²) in [7, 11) is 2.33. The van der Waals surface area contributed by atoms with E-state index in [-0.39, 0.29) is 0 Å². The van der Waals surface area contributed by atoms with Crippen LogP contribution in [0.3, 0.4) is 0 Å². The Morgan fingerprint density at radius 2 is 1.88 bits per heavy atom. The smallest absolute Gasteiger partial charge is 0.163 e. The van der Waals surface area contributed by atoms with Crippen LogP contribution in [0.15, 0.2) is 36.7 Å². The zero-order valence-electron chi connectivity index (χ0n) is 24.5. The van der Waals surface area contributed by atoms with Crippen LogP contribution in [-0.2, 0) is 16.0 Å². The van der Waals surface area contributed by atoms with Gasteiger partial charge in [0.15, 0.2) is 11.5 Å². The van der Waals surface area contributed by atoms with Crippen molar-refractivity contribution in [3.8, 4) is 23.0 Å². The molecule has 0 atom stereocenters. The number of hydrogen-bond donors (Lipinski definition) is 1. The van der Waals surface area contributed by atoms with Crippen molar-refractivity contribution in [2.24, 2.45) is 0 Å². The van der Waals surface area contributed by atoms with Crippen LogP contribution in [0.2, 0.25) is 19.6 Å². The van der Waals surface area contributed by atoms with Crippen LogP contribution >= 0.6 is 0 Å². The van der Waals surface area contributed by atoms with Gasteiger partial charge in [0, 0.05) is 36.4 Å². The molecule has 2 aromatic carbocycles. The largest absolute Gasteiger partial charge is 0.490 e. The van der Waals surface area contributed by atoms with Gasteiger partial charge in [-0.2, -0.15) is 0 Å². The molecule has 0 saturated heterocycles. The number of benzene rings is 2. The molecule has 0 amide bonds. The predicted octanol–water partition coefficient (Wildman–Crippen LogP) is 5.64. The van der Waals surface area contributed by atoms with Crippen LogP contribution in [0.25, 0.3) is 10.9 Å². The highest BCUT2D eigenvalue weighted by Crippen LogP contribution is 2.36. The second-order valence-corrected chi connectivity index (χ2v) is 15.9. The second kappa shape index (κ2) is 14.5. The third-order valence-electron chi connectivity index (χ3n) is 6.44. The van der Waals surface area contributed by atoms with E-state index in [9.17, 15) is 0 Å². The molecule has 0 unspecified atom stereocenters. The molecule has 0 aliphatic carbocycles. The summed E-state index contributed by atoms with van der Waals surface area (Å²) in [5.74, 6) is 5.46. The molecule has 1 aliphatic heterocycles. The van der Waals surface area contributed by atoms with E-state index >= 15 is 0 Å². The minimum absolute atomic E-state index is 0.405. The van der Waals surface area contributed by atoms with Crippen molar-refractivity contribution in [1.29, 1.82) is 0 Å². The van der Waals surface area contributed by atoms with Crippen molar-refractivity contribution < 1.29 is 18.9 Å². The van der Waals surface area contributed by atoms with E-state index in [1.165, 1.54) is 5.56 Å². The number of methoxy groups -OCH3 is 1. The number of fused-ring (bicyclic) bond motifs is 2. The summed E-state index contributed by atoms with van der Waals surface area (Å²) < 4.78 is 22.9. The average molecular weight is 563 g/mol. The molecule has 0 spiro atoms. The number of anilines is 2. The zero-order chi connectivity index (χ0) is 28.4. The Kier molecular flexibility index (Phi) is 10.8. The fraction of sp³-hybridized carbons (Fsp3) is 0.484. The van der Waals surface area contributed by atoms with E-state index in [1.54, 1.807) is 13.4 Å². The lowest BCUT2D eigenvalue weighted by molar-refractivity contribution is 0.0539. The maximum absolute atomic E-state index is 6.25. The molecule has 2 heterocycles. The number of nitrogens with zero attached hydrogens (tertiary/aromatic N) is 3. The van der Waals surface area contributed by atoms with Gasteiger partial charge in [0.05, 0.1) is 31.9 Å². The number of aromatic nitrogens is 2. The Morgan fingerprint density at radius 3 is 2.70 bits per heavy atom. The summed E-state index contributed by atoms with van der Waals surface area (Å²) >= 11 is 0. The number of nitrogens with one attached hydrogen (secondary N) is 1. The quantitative estimate of drug-likeness (QED) is 0.225. The molecule has 9 heteroatoms. The first-order chi connectivity index (χ1) is 19.3. The van der Waals surface area contributed by atoms with Crippen molar-refractivity contribution >= 4 is 30.5 Å². The fourth-order valence-electron chi connectivity index (χ4n) is 4.35. The summed E-state index contributed by atoms with van der Waals surface area (Å²) in [4.78, 5) is 11.5. The van der Waals surface area contributed by atoms with Gasteiger partial charge in [0.25, 0.3) is 0 Å². The zero-order valence-corrected chi connectivity index (χ0v) is 25.5. The summed E-state index contributed by atoms with van der Waals surface area (Å²) in [5, 5.41) is 4.48. The standard InChI is InChI=1S/C31H42N4O4Si/c1-35-12-7-6-8-13-38-29-20-26-28(21-30(29)39-17-16-37-15-14-36-2)32-23-33-31(26)34-27-19-24(9-10-25(27)22-35)11-18-40(3,4)5/h9-10,19-21,23H,6-8,12-17,22H2,1-5H3,(H,32,33,34). The van der Waals surface area contributed by atoms with E-state index in [0.29, 0.717) is 44.5 Å². The van der Waals surface area contributed by atoms with Crippen molar-refractivity contribution in [3.63, 3.8) is 0 Å². The lowest BCUT2D eigenvalue weighted by atomic mass is 10.1. The van der Waals surface area contributed by atoms with Crippen molar-refractivity contribution in [1.82, 2.24) is 14.9 Å². The Balaban J connectivity index is 1.69. The summed E-state index contributed by atoms with van der Waals surface area (Å²) in [6.07, 6.45) is 4.75. The van der Waals surface area contributed by atoms with Gasteiger partial charge < -0.3 is 29.2 Å². The van der Waals surface area contributed by atoms with Gasteiger partial charge in [-0.05, 0) is 56.6 Å². The maximum atomic E-state index is 6.25. The molecule has 0 fully saturated rings. The lowest BCUT2D eigenvalue weighted by Gasteiger charge is -2.20. The Labute approximate surface area is 239 Å². The lowest BCUT2D eigenvalue weighted by Crippen LogP contribution is -2.20. The fourth-order valence-corrected chi connectivity index (χ4v) is 4.87. The summed E-state index contributed by atoms with van der Waals surface area (Å²) in [6, 6.07) is 10.4. The van der Waals surface area contributed by atoms with Gasteiger partial charge in [-0.1, -0.05) is 31.6 Å². The van der Waals surface area contributed by atoms with Gasteiger partial charge in [-0.15, -0.1) is 5.54 Å². The molecule has 1 aromatic heterocycles. The molecule has 0 radical (unpaired) electrons. The molecule has 3 aromatic rings. The maximum Gasteiger partial charge on any atom is 0.163 e. The normalized spacial score (nSPS) is 14.7. The van der Waals surface area contributed by atoms with Crippen LogP contribution in [0, 0.1) is 11.5 Å². The van der Waals surface area contributed by atoms with Crippen molar-refractivity contribution in [2.75, 3.05) is 59.1 Å². The summed E-state index contributed by atoms with van der Waals surface area (Å²) in [6.45, 7) is 11.2. The van der Waals surface area contributed by atoms with Crippen LogP contribution in [0.1, 0.15) is 30.4 Å². The monoisotopic (exact) mass is 562 g/mol. The van der Waals surface area contributed by atoms with Gasteiger partial charge in [-0.25, -0.2) is 9.97 Å². The first kappa shape index (κ1) is 29.8. The number of ether oxygens (including phenoxy) is 4. The first-order valence-electron chi connectivity index (χ1n) is 14.0. The third-order valence-corrected chi connectivity index (χ3v) is 7.32. The molecule has 8 nitrogen and oxygen atoms in total. The van der Waals surface area contributed by atoms with Crippen LogP contribution in [0.4, 0.5) is 11.5 Å². The van der Waals surface area contributed by atoms with E-state index in [4.69, 9.17) is 18.9 Å². The van der Waals surface area contributed by atoms with Gasteiger partial charge in [-0.3, -0.25) is 0 Å². The molecule has 4 rings (SSSR count). The first-order valence-corrected chi connectivity index (χ1v) is 17.5. The van der Waals surface area contributed by atoms with E-state index in [2.05, 4.69) is 76.5 Å². The molecular formula is C31H42N4O4Si. The van der Waals surface area contributed by atoms with Gasteiger partial charge in [0.1, 0.15) is 26.8 Å². The molecule has 2 bridgehead atoms. The van der Waals surface area contributed by atoms with E-state index in [0.717, 1.165) is 60.3 Å². The minimum atomic E-state index is -1.50. The highest BCUT2D eigenvalue weighted by Gasteiger charge is 2.16. The van der Waals surface area contributed by atoms with E-state index in [1.807, 2.05) is 12.1 Å². The third kappa shape index (κ3) is 8.93. The molecule has 40 heavy (non-hydrogen) atoms. The molecule has 1 aliphatic rings. The molecule has 214 valence electrons. The molecular weight excluding hydrogens is 520 g/mol. The average Bonchev–Trinajstić information content (AvgIpc) is 2.92. The Morgan fingerprint density at radius 1 is 1.02 bits per heavy atom. The van der Waals surface area contributed by atoms with Crippen molar-refractivity contribution in [2.45, 2.75) is 45.4 Å². The SMILES string of the molecule is COCCOCCOc1cc2ncnc3c2cc1OCCCCCN(C)Cc1ccc(C#C[Si](C)(C)C)cc1N3. The minimum Gasteiger partial charge on any atom is -0.490 e. The number of rotatable bonds is 7. The van der Waals surface area contributed by atoms with Gasteiger partial charge >= 0.3 is 0 Å². The highest BCUT2D eigenvalue weighted by atomic mass is 28.3.